The van der Waals surface area contributed by atoms with Crippen molar-refractivity contribution in [1.29, 1.82) is 0 Å². The molecule has 0 fully saturated rings. The SMILES string of the molecule is Cc1c2c(nn1CCO)CN(C)Cc1cc(n(C)n1)CSc1cc(c3ccccc3c1)OCCCc1c(C(=O)O)n(C)c3c-2c(Cl)ccc13. The monoisotopic (exact) mass is 698 g/mol. The van der Waals surface area contributed by atoms with Gasteiger partial charge in [-0.25, -0.2) is 4.79 Å². The molecule has 254 valence electrons. The molecule has 49 heavy (non-hydrogen) atoms. The highest BCUT2D eigenvalue weighted by Gasteiger charge is 2.28. The highest BCUT2D eigenvalue weighted by molar-refractivity contribution is 7.98. The summed E-state index contributed by atoms with van der Waals surface area (Å²) in [5.41, 5.74) is 7.01. The molecule has 0 unspecified atom stereocenters. The number of aryl methyl sites for hydroxylation is 3. The predicted octanol–water partition coefficient (Wildman–Crippen LogP) is 6.83. The van der Waals surface area contributed by atoms with Gasteiger partial charge in [-0.3, -0.25) is 14.3 Å². The maximum Gasteiger partial charge on any atom is 0.352 e. The van der Waals surface area contributed by atoms with Gasteiger partial charge >= 0.3 is 5.97 Å². The van der Waals surface area contributed by atoms with Gasteiger partial charge in [0.25, 0.3) is 0 Å². The molecule has 1 aliphatic rings. The lowest BCUT2D eigenvalue weighted by Crippen LogP contribution is -2.19. The Morgan fingerprint density at radius 2 is 1.84 bits per heavy atom. The average molecular weight is 699 g/mol. The minimum atomic E-state index is -0.996. The van der Waals surface area contributed by atoms with E-state index in [1.54, 1.807) is 28.1 Å². The summed E-state index contributed by atoms with van der Waals surface area (Å²) in [4.78, 5) is 16.1. The first-order valence-corrected chi connectivity index (χ1v) is 17.7. The quantitative estimate of drug-likeness (QED) is 0.207. The number of rotatable bonds is 3. The lowest BCUT2D eigenvalue weighted by molar-refractivity contribution is 0.0685. The number of carboxylic acid groups (broad SMARTS) is 1. The molecule has 8 bridgehead atoms. The van der Waals surface area contributed by atoms with Crippen molar-refractivity contribution in [2.75, 3.05) is 20.3 Å². The Kier molecular flexibility index (Phi) is 9.19. The number of aromatic nitrogens is 5. The van der Waals surface area contributed by atoms with Crippen molar-refractivity contribution in [1.82, 2.24) is 29.0 Å². The Labute approximate surface area is 293 Å². The number of carbonyl (C=O) groups is 1. The maximum atomic E-state index is 12.8. The normalized spacial score (nSPS) is 14.6. The van der Waals surface area contributed by atoms with Gasteiger partial charge in [0.05, 0.1) is 41.7 Å². The number of hydrogen-bond acceptors (Lipinski definition) is 7. The van der Waals surface area contributed by atoms with Crippen molar-refractivity contribution < 1.29 is 19.7 Å². The maximum absolute atomic E-state index is 12.8. The van der Waals surface area contributed by atoms with E-state index in [1.807, 2.05) is 50.0 Å². The van der Waals surface area contributed by atoms with E-state index < -0.39 is 5.97 Å². The van der Waals surface area contributed by atoms with Gasteiger partial charge in [0.2, 0.25) is 0 Å². The topological polar surface area (TPSA) is 111 Å². The van der Waals surface area contributed by atoms with Crippen molar-refractivity contribution in [2.45, 2.75) is 50.0 Å². The largest absolute Gasteiger partial charge is 0.493 e. The van der Waals surface area contributed by atoms with Crippen LogP contribution in [0, 0.1) is 6.92 Å². The highest BCUT2D eigenvalue weighted by Crippen LogP contribution is 2.42. The minimum absolute atomic E-state index is 0.0666. The summed E-state index contributed by atoms with van der Waals surface area (Å²) < 4.78 is 11.9. The Hall–Kier alpha value is -4.29. The molecular formula is C37H39ClN6O4S. The fourth-order valence-corrected chi connectivity index (χ4v) is 8.37. The molecule has 6 aromatic rings. The molecule has 4 heterocycles. The summed E-state index contributed by atoms with van der Waals surface area (Å²) in [6.45, 7) is 3.73. The van der Waals surface area contributed by atoms with Crippen molar-refractivity contribution in [3.05, 3.63) is 93.7 Å². The third kappa shape index (κ3) is 6.20. The van der Waals surface area contributed by atoms with E-state index in [4.69, 9.17) is 26.5 Å². The zero-order valence-electron chi connectivity index (χ0n) is 28.0. The summed E-state index contributed by atoms with van der Waals surface area (Å²) in [5.74, 6) is 0.563. The molecule has 0 atom stereocenters. The summed E-state index contributed by atoms with van der Waals surface area (Å²) >= 11 is 8.78. The number of aromatic carboxylic acids is 1. The molecule has 0 saturated carbocycles. The summed E-state index contributed by atoms with van der Waals surface area (Å²) in [6, 6.07) is 18.4. The summed E-state index contributed by atoms with van der Waals surface area (Å²) in [5, 5.41) is 33.6. The number of nitrogens with zero attached hydrogens (tertiary/aromatic N) is 6. The molecule has 0 spiro atoms. The van der Waals surface area contributed by atoms with Gasteiger partial charge < -0.3 is 19.5 Å². The molecule has 0 amide bonds. The zero-order valence-corrected chi connectivity index (χ0v) is 29.6. The highest BCUT2D eigenvalue weighted by atomic mass is 35.5. The van der Waals surface area contributed by atoms with Crippen LogP contribution in [-0.4, -0.2) is 65.5 Å². The molecule has 7 rings (SSSR count). The molecule has 0 aliphatic carbocycles. The van der Waals surface area contributed by atoms with Gasteiger partial charge in [-0.05, 0) is 62.0 Å². The standard InChI is InChI=1S/C37H39ClN6O4S/c1-22-33-31(40-44(22)13-14-45)20-41(2)19-24-17-25(43(4)39-24)21-49-26-16-23-8-5-6-9-27(23)32(18-26)48-15-7-10-28-29-11-12-30(38)34(33)35(29)42(3)36(28)37(46)47/h5-6,8-9,11-12,16-18,45H,7,10,13-15,19-21H2,1-4H3,(H,46,47). The van der Waals surface area contributed by atoms with Crippen LogP contribution >= 0.6 is 23.4 Å². The Balaban J connectivity index is 1.39. The lowest BCUT2D eigenvalue weighted by atomic mass is 9.98. The van der Waals surface area contributed by atoms with Crippen LogP contribution in [0.5, 0.6) is 5.75 Å². The Bertz CT molecular complexity index is 2220. The van der Waals surface area contributed by atoms with Crippen LogP contribution in [0.15, 0.2) is 59.5 Å². The second-order valence-electron chi connectivity index (χ2n) is 12.7. The van der Waals surface area contributed by atoms with Crippen LogP contribution in [0.2, 0.25) is 5.02 Å². The molecule has 12 heteroatoms. The van der Waals surface area contributed by atoms with E-state index >= 15 is 0 Å². The van der Waals surface area contributed by atoms with Crippen LogP contribution < -0.4 is 4.74 Å². The summed E-state index contributed by atoms with van der Waals surface area (Å²) in [7, 11) is 5.80. The number of aliphatic hydroxyl groups is 1. The molecule has 0 saturated heterocycles. The van der Waals surface area contributed by atoms with Gasteiger partial charge in [-0.1, -0.05) is 41.9 Å². The number of thioether (sulfide) groups is 1. The molecule has 1 aliphatic heterocycles. The molecule has 3 aromatic heterocycles. The molecular weight excluding hydrogens is 660 g/mol. The van der Waals surface area contributed by atoms with Gasteiger partial charge in [-0.2, -0.15) is 10.2 Å². The first-order chi connectivity index (χ1) is 23.6. The minimum Gasteiger partial charge on any atom is -0.493 e. The number of ether oxygens (including phenoxy) is 1. The van der Waals surface area contributed by atoms with Crippen molar-refractivity contribution in [3.63, 3.8) is 0 Å². The van der Waals surface area contributed by atoms with E-state index in [2.05, 4.69) is 35.2 Å². The first-order valence-electron chi connectivity index (χ1n) is 16.3. The van der Waals surface area contributed by atoms with E-state index in [-0.39, 0.29) is 12.3 Å². The number of fused-ring (bicyclic) bond motifs is 8. The van der Waals surface area contributed by atoms with Gasteiger partial charge in [0.1, 0.15) is 11.4 Å². The molecule has 10 nitrogen and oxygen atoms in total. The molecule has 0 radical (unpaired) electrons. The van der Waals surface area contributed by atoms with Gasteiger partial charge in [0.15, 0.2) is 0 Å². The molecule has 2 N–H and O–H groups in total. The van der Waals surface area contributed by atoms with E-state index in [9.17, 15) is 15.0 Å². The van der Waals surface area contributed by atoms with Crippen molar-refractivity contribution >= 4 is 51.0 Å². The number of benzene rings is 3. The fraction of sp³-hybridized carbons (Fsp3) is 0.324. The van der Waals surface area contributed by atoms with E-state index in [1.165, 1.54) is 0 Å². The smallest absolute Gasteiger partial charge is 0.352 e. The van der Waals surface area contributed by atoms with Crippen LogP contribution in [0.25, 0.3) is 32.8 Å². The number of hydrogen-bond donors (Lipinski definition) is 2. The van der Waals surface area contributed by atoms with E-state index in [0.29, 0.717) is 44.1 Å². The zero-order chi connectivity index (χ0) is 34.4. The predicted molar refractivity (Wildman–Crippen MR) is 194 cm³/mol. The van der Waals surface area contributed by atoms with Crippen LogP contribution in [-0.2, 0) is 45.9 Å². The number of halogens is 1. The Morgan fingerprint density at radius 1 is 1.02 bits per heavy atom. The lowest BCUT2D eigenvalue weighted by Gasteiger charge is -2.16. The molecule has 3 aromatic carbocycles. The van der Waals surface area contributed by atoms with Gasteiger partial charge in [0, 0.05) is 71.1 Å². The number of aliphatic hydroxyl groups excluding tert-OH is 1. The summed E-state index contributed by atoms with van der Waals surface area (Å²) in [6.07, 6.45) is 1.12. The second-order valence-corrected chi connectivity index (χ2v) is 14.1. The average Bonchev–Trinajstić information content (AvgIpc) is 3.67. The van der Waals surface area contributed by atoms with Crippen LogP contribution in [0.3, 0.4) is 0 Å². The van der Waals surface area contributed by atoms with Crippen LogP contribution in [0.1, 0.15) is 45.2 Å². The van der Waals surface area contributed by atoms with E-state index in [0.717, 1.165) is 77.5 Å². The Morgan fingerprint density at radius 3 is 2.63 bits per heavy atom. The van der Waals surface area contributed by atoms with Gasteiger partial charge in [-0.15, -0.1) is 11.8 Å². The second kappa shape index (κ2) is 13.5. The third-order valence-electron chi connectivity index (χ3n) is 9.34. The van der Waals surface area contributed by atoms with Crippen LogP contribution in [0.4, 0.5) is 0 Å². The first kappa shape index (κ1) is 33.2. The fourth-order valence-electron chi connectivity index (χ4n) is 7.13. The number of carboxylic acids is 1. The van der Waals surface area contributed by atoms with Crippen molar-refractivity contribution in [2.24, 2.45) is 14.1 Å². The van der Waals surface area contributed by atoms with Crippen molar-refractivity contribution in [3.8, 4) is 16.9 Å². The third-order valence-corrected chi connectivity index (χ3v) is 10.7.